The highest BCUT2D eigenvalue weighted by Crippen LogP contribution is 2.59. The van der Waals surface area contributed by atoms with Crippen LogP contribution in [0, 0.1) is 29.1 Å². The van der Waals surface area contributed by atoms with Crippen molar-refractivity contribution in [3.05, 3.63) is 63.8 Å². The van der Waals surface area contributed by atoms with Crippen LogP contribution in [-0.4, -0.2) is 30.7 Å². The average molecular weight is 611 g/mol. The van der Waals surface area contributed by atoms with Crippen molar-refractivity contribution in [1.29, 1.82) is 0 Å². The monoisotopic (exact) mass is 611 g/mol. The lowest BCUT2D eigenvalue weighted by Gasteiger charge is -2.31. The Bertz CT molecular complexity index is 1470. The standard InChI is InChI=1S/C25H24F6NO6PS/c1-5-9-36-24(34)25(3,4)32-39(35,37-6-2)22(31)12-7-8-14-13(10-12)11-15(40-14)23(33)38-21-19(29)17(27)16(26)18(28)20(21)30/h7-8,10-11,22H,5-6,9H2,1-4H3,(H,32,35)/t22-,39?/m1/s1. The van der Waals surface area contributed by atoms with E-state index < -0.39 is 65.7 Å². The maximum absolute atomic E-state index is 15.7. The molecule has 40 heavy (non-hydrogen) atoms. The molecule has 0 saturated carbocycles. The highest BCUT2D eigenvalue weighted by molar-refractivity contribution is 7.57. The number of hydrogen-bond acceptors (Lipinski definition) is 7. The molecule has 218 valence electrons. The first kappa shape index (κ1) is 31.6. The smallest absolute Gasteiger partial charge is 0.353 e. The summed E-state index contributed by atoms with van der Waals surface area (Å²) in [5.74, 6) is -17.9. The summed E-state index contributed by atoms with van der Waals surface area (Å²) in [6.45, 7) is 5.90. The van der Waals surface area contributed by atoms with Gasteiger partial charge in [-0.2, -0.15) is 8.78 Å². The molecule has 0 aliphatic rings. The predicted octanol–water partition coefficient (Wildman–Crippen LogP) is 7.34. The summed E-state index contributed by atoms with van der Waals surface area (Å²) in [5, 5.41) is 2.66. The number of fused-ring (bicyclic) bond motifs is 1. The number of alkyl halides is 1. The maximum atomic E-state index is 15.7. The molecule has 0 amide bonds. The molecule has 1 unspecified atom stereocenters. The summed E-state index contributed by atoms with van der Waals surface area (Å²) in [5.41, 5.74) is -1.75. The van der Waals surface area contributed by atoms with Crippen LogP contribution >= 0.6 is 18.9 Å². The molecule has 0 aliphatic heterocycles. The van der Waals surface area contributed by atoms with Crippen LogP contribution in [0.4, 0.5) is 26.3 Å². The van der Waals surface area contributed by atoms with Gasteiger partial charge in [0.2, 0.25) is 40.7 Å². The van der Waals surface area contributed by atoms with Gasteiger partial charge < -0.3 is 14.0 Å². The molecule has 15 heteroatoms. The van der Waals surface area contributed by atoms with Crippen molar-refractivity contribution < 1.29 is 54.5 Å². The summed E-state index contributed by atoms with van der Waals surface area (Å²) >= 11 is 0.727. The largest absolute Gasteiger partial charge is 0.464 e. The van der Waals surface area contributed by atoms with E-state index in [1.54, 1.807) is 6.92 Å². The predicted molar refractivity (Wildman–Crippen MR) is 135 cm³/mol. The molecule has 3 aromatic rings. The van der Waals surface area contributed by atoms with Crippen LogP contribution in [0.25, 0.3) is 10.1 Å². The summed E-state index contributed by atoms with van der Waals surface area (Å²) in [4.78, 5) is 24.6. The van der Waals surface area contributed by atoms with Gasteiger partial charge in [-0.1, -0.05) is 13.0 Å². The third kappa shape index (κ3) is 6.35. The molecule has 3 rings (SSSR count). The molecule has 0 fully saturated rings. The van der Waals surface area contributed by atoms with E-state index in [0.717, 1.165) is 17.4 Å². The van der Waals surface area contributed by atoms with E-state index in [1.807, 2.05) is 0 Å². The van der Waals surface area contributed by atoms with Crippen molar-refractivity contribution in [2.24, 2.45) is 0 Å². The second-order valence-corrected chi connectivity index (χ2v) is 12.1. The first-order valence-electron chi connectivity index (χ1n) is 11.8. The summed E-state index contributed by atoms with van der Waals surface area (Å²) in [6.07, 6.45) is 0.536. The summed E-state index contributed by atoms with van der Waals surface area (Å²) in [6, 6.07) is 4.96. The van der Waals surface area contributed by atoms with Gasteiger partial charge in [0.05, 0.1) is 13.2 Å². The van der Waals surface area contributed by atoms with E-state index in [2.05, 4.69) is 9.82 Å². The van der Waals surface area contributed by atoms with Crippen molar-refractivity contribution in [2.75, 3.05) is 13.2 Å². The first-order valence-corrected chi connectivity index (χ1v) is 14.3. The minimum atomic E-state index is -4.39. The number of ether oxygens (including phenoxy) is 2. The molecule has 0 radical (unpaired) electrons. The van der Waals surface area contributed by atoms with Gasteiger partial charge in [0.15, 0.2) is 0 Å². The molecule has 7 nitrogen and oxygen atoms in total. The van der Waals surface area contributed by atoms with E-state index in [9.17, 15) is 36.1 Å². The Labute approximate surface area is 228 Å². The molecule has 1 heterocycles. The lowest BCUT2D eigenvalue weighted by Crippen LogP contribution is -2.46. The van der Waals surface area contributed by atoms with Gasteiger partial charge in [-0.05, 0) is 56.3 Å². The Hall–Kier alpha value is -2.93. The number of carbonyl (C=O) groups is 2. The van der Waals surface area contributed by atoms with Gasteiger partial charge in [0, 0.05) is 4.70 Å². The van der Waals surface area contributed by atoms with Gasteiger partial charge in [-0.15, -0.1) is 11.3 Å². The molecule has 0 aliphatic carbocycles. The topological polar surface area (TPSA) is 90.9 Å². The highest BCUT2D eigenvalue weighted by Gasteiger charge is 2.44. The van der Waals surface area contributed by atoms with Crippen LogP contribution in [0.1, 0.15) is 55.3 Å². The second kappa shape index (κ2) is 12.3. The van der Waals surface area contributed by atoms with Crippen molar-refractivity contribution in [3.63, 3.8) is 0 Å². The zero-order chi connectivity index (χ0) is 30.0. The van der Waals surface area contributed by atoms with Crippen LogP contribution in [0.15, 0.2) is 24.3 Å². The SMILES string of the molecule is CCCOC(=O)C(C)(C)NP(=O)(OCC)[C@@H](F)c1ccc2sc(C(=O)Oc3c(F)c(F)c(F)c(F)c3F)cc2c1. The van der Waals surface area contributed by atoms with Gasteiger partial charge >= 0.3 is 19.5 Å². The van der Waals surface area contributed by atoms with Crippen molar-refractivity contribution in [3.8, 4) is 5.75 Å². The highest BCUT2D eigenvalue weighted by atomic mass is 32.1. The Kier molecular flexibility index (Phi) is 9.71. The molecule has 0 bridgehead atoms. The van der Waals surface area contributed by atoms with Crippen LogP contribution < -0.4 is 9.82 Å². The zero-order valence-electron chi connectivity index (χ0n) is 21.6. The van der Waals surface area contributed by atoms with E-state index >= 15 is 4.39 Å². The Morgan fingerprint density at radius 2 is 1.60 bits per heavy atom. The molecule has 1 aromatic heterocycles. The van der Waals surface area contributed by atoms with Gasteiger partial charge in [-0.3, -0.25) is 9.36 Å². The van der Waals surface area contributed by atoms with E-state index in [4.69, 9.17) is 9.26 Å². The van der Waals surface area contributed by atoms with Crippen LogP contribution in [0.3, 0.4) is 0 Å². The number of carbonyl (C=O) groups excluding carboxylic acids is 2. The van der Waals surface area contributed by atoms with E-state index in [-0.39, 0.29) is 29.0 Å². The van der Waals surface area contributed by atoms with Crippen molar-refractivity contribution in [2.45, 2.75) is 45.6 Å². The lowest BCUT2D eigenvalue weighted by molar-refractivity contribution is -0.149. The van der Waals surface area contributed by atoms with Crippen LogP contribution in [0.5, 0.6) is 5.75 Å². The molecular weight excluding hydrogens is 587 g/mol. The molecule has 2 aromatic carbocycles. The fraction of sp³-hybridized carbons (Fsp3) is 0.360. The number of hydrogen-bond donors (Lipinski definition) is 1. The fourth-order valence-corrected chi connectivity index (χ4v) is 6.52. The Balaban J connectivity index is 1.90. The number of halogens is 6. The second-order valence-electron chi connectivity index (χ2n) is 8.92. The average Bonchev–Trinajstić information content (AvgIpc) is 3.34. The minimum absolute atomic E-state index is 0.103. The normalized spacial score (nSPS) is 14.2. The number of esters is 2. The van der Waals surface area contributed by atoms with Crippen molar-refractivity contribution >= 4 is 40.9 Å². The molecular formula is C25H24F6NO6PS. The Morgan fingerprint density at radius 1 is 1.00 bits per heavy atom. The summed E-state index contributed by atoms with van der Waals surface area (Å²) < 4.78 is 112. The van der Waals surface area contributed by atoms with Crippen LogP contribution in [-0.2, 0) is 18.6 Å². The van der Waals surface area contributed by atoms with Crippen LogP contribution in [0.2, 0.25) is 0 Å². The number of benzene rings is 2. The Morgan fingerprint density at radius 3 is 2.17 bits per heavy atom. The third-order valence-electron chi connectivity index (χ3n) is 5.38. The molecule has 2 atom stereocenters. The lowest BCUT2D eigenvalue weighted by atomic mass is 10.1. The third-order valence-corrected chi connectivity index (χ3v) is 8.89. The van der Waals surface area contributed by atoms with Gasteiger partial charge in [-0.25, -0.2) is 27.4 Å². The quantitative estimate of drug-likeness (QED) is 0.0606. The molecule has 0 saturated heterocycles. The number of rotatable bonds is 11. The van der Waals surface area contributed by atoms with Gasteiger partial charge in [0.25, 0.3) is 0 Å². The number of thiophene rings is 1. The zero-order valence-corrected chi connectivity index (χ0v) is 23.3. The molecule has 1 N–H and O–H groups in total. The van der Waals surface area contributed by atoms with Gasteiger partial charge in [0.1, 0.15) is 10.4 Å². The van der Waals surface area contributed by atoms with E-state index in [1.165, 1.54) is 39.0 Å². The number of nitrogens with one attached hydrogen (secondary N) is 1. The molecule has 0 spiro atoms. The van der Waals surface area contributed by atoms with Crippen molar-refractivity contribution in [1.82, 2.24) is 5.09 Å². The minimum Gasteiger partial charge on any atom is -0.464 e. The summed E-state index contributed by atoms with van der Waals surface area (Å²) in [7, 11) is -4.39. The first-order chi connectivity index (χ1) is 18.7. The fourth-order valence-electron chi connectivity index (χ4n) is 3.48. The van der Waals surface area contributed by atoms with E-state index in [0.29, 0.717) is 11.1 Å². The maximum Gasteiger partial charge on any atom is 0.353 e.